The summed E-state index contributed by atoms with van der Waals surface area (Å²) in [6.45, 7) is 5.41. The van der Waals surface area contributed by atoms with Crippen LogP contribution in [0, 0.1) is 17.0 Å². The molecule has 2 amide bonds. The van der Waals surface area contributed by atoms with Crippen LogP contribution in [0.25, 0.3) is 0 Å². The van der Waals surface area contributed by atoms with Gasteiger partial charge in [0.05, 0.1) is 12.5 Å². The zero-order valence-corrected chi connectivity index (χ0v) is 14.2. The average molecular weight is 342 g/mol. The van der Waals surface area contributed by atoms with Gasteiger partial charge in [-0.3, -0.25) is 9.59 Å². The van der Waals surface area contributed by atoms with Crippen LogP contribution in [0.1, 0.15) is 45.2 Å². The summed E-state index contributed by atoms with van der Waals surface area (Å²) in [6.07, 6.45) is 0.354. The maximum Gasteiger partial charge on any atom is 0.222 e. The molecule has 0 spiro atoms. The van der Waals surface area contributed by atoms with E-state index in [1.165, 1.54) is 13.0 Å². The normalized spacial score (nSPS) is 12.6. The molecule has 0 fully saturated rings. The van der Waals surface area contributed by atoms with Gasteiger partial charge < -0.3 is 15.7 Å². The van der Waals surface area contributed by atoms with Crippen molar-refractivity contribution < 1.29 is 23.5 Å². The van der Waals surface area contributed by atoms with Crippen molar-refractivity contribution in [2.45, 2.75) is 39.7 Å². The van der Waals surface area contributed by atoms with Crippen LogP contribution in [0.5, 0.6) is 0 Å². The minimum absolute atomic E-state index is 0.0121. The van der Waals surface area contributed by atoms with E-state index >= 15 is 0 Å². The summed E-state index contributed by atoms with van der Waals surface area (Å²) in [5, 5.41) is 14.2. The molecule has 0 bridgehead atoms. The number of aliphatic hydroxyl groups excluding tert-OH is 1. The maximum atomic E-state index is 13.9. The predicted octanol–water partition coefficient (Wildman–Crippen LogP) is 2.06. The van der Waals surface area contributed by atoms with E-state index < -0.39 is 23.6 Å². The first-order chi connectivity index (χ1) is 11.1. The largest absolute Gasteiger partial charge is 0.396 e. The molecule has 0 aliphatic heterocycles. The number of aliphatic hydroxyl groups is 1. The van der Waals surface area contributed by atoms with E-state index in [1.54, 1.807) is 0 Å². The van der Waals surface area contributed by atoms with Crippen LogP contribution >= 0.6 is 0 Å². The average Bonchev–Trinajstić information content (AvgIpc) is 2.44. The fourth-order valence-electron chi connectivity index (χ4n) is 2.25. The molecule has 1 unspecified atom stereocenters. The van der Waals surface area contributed by atoms with Gasteiger partial charge in [0.15, 0.2) is 0 Å². The van der Waals surface area contributed by atoms with Crippen LogP contribution in [0.15, 0.2) is 18.2 Å². The highest BCUT2D eigenvalue weighted by Gasteiger charge is 2.23. The molecule has 7 heteroatoms. The van der Waals surface area contributed by atoms with Crippen molar-refractivity contribution in [1.82, 2.24) is 10.6 Å². The van der Waals surface area contributed by atoms with Gasteiger partial charge in [-0.05, 0) is 17.9 Å². The molecule has 0 aromatic heterocycles. The Hall–Kier alpha value is -2.02. The first-order valence-electron chi connectivity index (χ1n) is 7.74. The van der Waals surface area contributed by atoms with Crippen LogP contribution in [0.4, 0.5) is 8.78 Å². The second-order valence-electron chi connectivity index (χ2n) is 6.54. The topological polar surface area (TPSA) is 78.4 Å². The van der Waals surface area contributed by atoms with Gasteiger partial charge in [0.25, 0.3) is 0 Å². The molecular weight excluding hydrogens is 318 g/mol. The van der Waals surface area contributed by atoms with Crippen LogP contribution in [0.2, 0.25) is 0 Å². The number of nitrogens with one attached hydrogen (secondary N) is 2. The van der Waals surface area contributed by atoms with Gasteiger partial charge in [-0.25, -0.2) is 8.78 Å². The third-order valence-electron chi connectivity index (χ3n) is 3.66. The number of carbonyl (C=O) groups excluding carboxylic acids is 2. The minimum atomic E-state index is -0.885. The van der Waals surface area contributed by atoms with E-state index in [0.717, 1.165) is 6.07 Å². The van der Waals surface area contributed by atoms with Gasteiger partial charge in [-0.15, -0.1) is 0 Å². The molecule has 1 rings (SSSR count). The van der Waals surface area contributed by atoms with Crippen molar-refractivity contribution in [1.29, 1.82) is 0 Å². The lowest BCUT2D eigenvalue weighted by atomic mass is 9.89. The Morgan fingerprint density at radius 1 is 1.29 bits per heavy atom. The Morgan fingerprint density at radius 3 is 2.50 bits per heavy atom. The molecule has 0 saturated carbocycles. The quantitative estimate of drug-likeness (QED) is 0.677. The number of halogens is 2. The zero-order valence-electron chi connectivity index (χ0n) is 14.2. The van der Waals surface area contributed by atoms with E-state index in [1.807, 2.05) is 13.8 Å². The van der Waals surface area contributed by atoms with Gasteiger partial charge in [-0.2, -0.15) is 0 Å². The molecule has 1 atom stereocenters. The monoisotopic (exact) mass is 342 g/mol. The highest BCUT2D eigenvalue weighted by atomic mass is 19.1. The van der Waals surface area contributed by atoms with Crippen LogP contribution in [-0.2, 0) is 9.59 Å². The number of hydrogen-bond donors (Lipinski definition) is 3. The van der Waals surface area contributed by atoms with Gasteiger partial charge in [0, 0.05) is 31.7 Å². The van der Waals surface area contributed by atoms with Crippen molar-refractivity contribution >= 4 is 11.8 Å². The maximum absolute atomic E-state index is 13.9. The number of carbonyl (C=O) groups is 2. The Kier molecular flexibility index (Phi) is 7.28. The first-order valence-corrected chi connectivity index (χ1v) is 7.74. The predicted molar refractivity (Wildman–Crippen MR) is 86.0 cm³/mol. The van der Waals surface area contributed by atoms with E-state index in [-0.39, 0.29) is 29.9 Å². The van der Waals surface area contributed by atoms with Crippen molar-refractivity contribution in [3.8, 4) is 0 Å². The van der Waals surface area contributed by atoms with Crippen molar-refractivity contribution in [3.05, 3.63) is 35.4 Å². The number of benzene rings is 1. The molecule has 0 aliphatic carbocycles. The Labute approximate surface area is 140 Å². The van der Waals surface area contributed by atoms with Crippen LogP contribution in [0.3, 0.4) is 0 Å². The van der Waals surface area contributed by atoms with Crippen molar-refractivity contribution in [2.24, 2.45) is 5.41 Å². The summed E-state index contributed by atoms with van der Waals surface area (Å²) >= 11 is 0. The fourth-order valence-corrected chi connectivity index (χ4v) is 2.25. The summed E-state index contributed by atoms with van der Waals surface area (Å²) in [5.74, 6) is -2.34. The lowest BCUT2D eigenvalue weighted by molar-refractivity contribution is -0.123. The van der Waals surface area contributed by atoms with Gasteiger partial charge in [-0.1, -0.05) is 19.9 Å². The molecule has 0 saturated heterocycles. The van der Waals surface area contributed by atoms with Crippen molar-refractivity contribution in [3.63, 3.8) is 0 Å². The van der Waals surface area contributed by atoms with E-state index in [9.17, 15) is 18.4 Å². The zero-order chi connectivity index (χ0) is 18.3. The molecule has 0 radical (unpaired) electrons. The molecule has 5 nitrogen and oxygen atoms in total. The highest BCUT2D eigenvalue weighted by Crippen LogP contribution is 2.22. The summed E-state index contributed by atoms with van der Waals surface area (Å²) in [6, 6.07) is 2.12. The standard InChI is InChI=1S/C17H24F2N2O3/c1-11(23)21-15(13-5-4-12(18)8-14(13)19)9-16(24)20-10-17(2,3)6-7-22/h4-5,8,15,22H,6-7,9-10H2,1-3H3,(H,20,24)(H,21,23). The van der Waals surface area contributed by atoms with E-state index in [2.05, 4.69) is 10.6 Å². The Balaban J connectivity index is 2.79. The summed E-state index contributed by atoms with van der Waals surface area (Å²) in [4.78, 5) is 23.4. The lowest BCUT2D eigenvalue weighted by Gasteiger charge is -2.25. The number of hydrogen-bond acceptors (Lipinski definition) is 3. The van der Waals surface area contributed by atoms with Crippen molar-refractivity contribution in [2.75, 3.05) is 13.2 Å². The van der Waals surface area contributed by atoms with E-state index in [4.69, 9.17) is 5.11 Å². The second kappa shape index (κ2) is 8.73. The molecule has 0 aliphatic rings. The SMILES string of the molecule is CC(=O)NC(CC(=O)NCC(C)(C)CCO)c1ccc(F)cc1F. The minimum Gasteiger partial charge on any atom is -0.396 e. The summed E-state index contributed by atoms with van der Waals surface area (Å²) < 4.78 is 27.0. The highest BCUT2D eigenvalue weighted by molar-refractivity contribution is 5.79. The molecule has 1 aromatic rings. The van der Waals surface area contributed by atoms with E-state index in [0.29, 0.717) is 19.0 Å². The van der Waals surface area contributed by atoms with Gasteiger partial charge in [0.2, 0.25) is 11.8 Å². The Bertz CT molecular complexity index is 591. The number of rotatable bonds is 8. The summed E-state index contributed by atoms with van der Waals surface area (Å²) in [7, 11) is 0. The third-order valence-corrected chi connectivity index (χ3v) is 3.66. The van der Waals surface area contributed by atoms with Crippen LogP contribution < -0.4 is 10.6 Å². The molecular formula is C17H24F2N2O3. The molecule has 134 valence electrons. The van der Waals surface area contributed by atoms with Gasteiger partial charge in [0.1, 0.15) is 11.6 Å². The third kappa shape index (κ3) is 6.62. The molecule has 3 N–H and O–H groups in total. The number of amides is 2. The van der Waals surface area contributed by atoms with Crippen LogP contribution in [-0.4, -0.2) is 30.1 Å². The molecule has 1 aromatic carbocycles. The summed E-state index contributed by atoms with van der Waals surface area (Å²) in [5.41, 5.74) is -0.231. The lowest BCUT2D eigenvalue weighted by Crippen LogP contribution is -2.37. The molecule has 0 heterocycles. The first kappa shape index (κ1) is 20.0. The smallest absolute Gasteiger partial charge is 0.222 e. The second-order valence-corrected chi connectivity index (χ2v) is 6.54. The van der Waals surface area contributed by atoms with Gasteiger partial charge >= 0.3 is 0 Å². The molecule has 24 heavy (non-hydrogen) atoms. The fraction of sp³-hybridized carbons (Fsp3) is 0.529. The Morgan fingerprint density at radius 2 is 1.96 bits per heavy atom.